The number of aryl methyl sites for hydroxylation is 1. The lowest BCUT2D eigenvalue weighted by atomic mass is 10.2. The number of carbonyl (C=O) groups excluding carboxylic acids is 1. The molecule has 0 aliphatic rings. The van der Waals surface area contributed by atoms with Gasteiger partial charge in [-0.05, 0) is 42.8 Å². The molecule has 0 saturated heterocycles. The first kappa shape index (κ1) is 15.2. The molecule has 0 aliphatic carbocycles. The summed E-state index contributed by atoms with van der Waals surface area (Å²) in [6, 6.07) is 11.9. The molecule has 2 aromatic rings. The summed E-state index contributed by atoms with van der Waals surface area (Å²) in [6.07, 6.45) is 0. The number of aromatic hydroxyl groups is 1. The number of phenolic OH excluding ortho intramolecular Hbond substituents is 1. The fourth-order valence-corrected chi connectivity index (χ4v) is 2.08. The van der Waals surface area contributed by atoms with Gasteiger partial charge in [0.2, 0.25) is 0 Å². The van der Waals surface area contributed by atoms with Crippen LogP contribution in [0.4, 0.5) is 0 Å². The van der Waals surface area contributed by atoms with Crippen LogP contribution in [-0.2, 0) is 0 Å². The molecule has 0 fully saturated rings. The molecule has 0 aliphatic heterocycles. The lowest BCUT2D eigenvalue weighted by Crippen LogP contribution is -2.28. The highest BCUT2D eigenvalue weighted by Gasteiger charge is 2.10. The number of ether oxygens (including phenoxy) is 1. The third-order valence-electron chi connectivity index (χ3n) is 2.84. The van der Waals surface area contributed by atoms with Gasteiger partial charge in [0.15, 0.2) is 0 Å². The van der Waals surface area contributed by atoms with Gasteiger partial charge in [0, 0.05) is 0 Å². The molecular formula is C16H16ClNO3. The molecular weight excluding hydrogens is 290 g/mol. The van der Waals surface area contributed by atoms with Crippen molar-refractivity contribution in [2.75, 3.05) is 13.2 Å². The van der Waals surface area contributed by atoms with E-state index in [0.29, 0.717) is 18.7 Å². The van der Waals surface area contributed by atoms with E-state index in [-0.39, 0.29) is 16.7 Å². The third-order valence-corrected chi connectivity index (χ3v) is 3.16. The van der Waals surface area contributed by atoms with Crippen molar-refractivity contribution in [2.24, 2.45) is 0 Å². The Labute approximate surface area is 128 Å². The van der Waals surface area contributed by atoms with E-state index in [1.807, 2.05) is 31.2 Å². The Hall–Kier alpha value is -2.20. The minimum atomic E-state index is -0.298. The van der Waals surface area contributed by atoms with Gasteiger partial charge in [-0.15, -0.1) is 0 Å². The maximum atomic E-state index is 11.9. The average molecular weight is 306 g/mol. The Morgan fingerprint density at radius 2 is 2.10 bits per heavy atom. The molecule has 0 atom stereocenters. The van der Waals surface area contributed by atoms with Crippen LogP contribution < -0.4 is 10.1 Å². The Balaban J connectivity index is 1.82. The third kappa shape index (κ3) is 4.39. The SMILES string of the molecule is Cc1cccc(OCCNC(=O)c2ccc(O)cc2Cl)c1. The molecule has 0 radical (unpaired) electrons. The topological polar surface area (TPSA) is 58.6 Å². The first-order chi connectivity index (χ1) is 10.1. The van der Waals surface area contributed by atoms with Crippen LogP contribution in [0.3, 0.4) is 0 Å². The molecule has 4 nitrogen and oxygen atoms in total. The van der Waals surface area contributed by atoms with Crippen molar-refractivity contribution in [3.63, 3.8) is 0 Å². The van der Waals surface area contributed by atoms with E-state index < -0.39 is 0 Å². The van der Waals surface area contributed by atoms with Gasteiger partial charge in [-0.1, -0.05) is 23.7 Å². The van der Waals surface area contributed by atoms with Gasteiger partial charge in [-0.3, -0.25) is 4.79 Å². The molecule has 110 valence electrons. The quantitative estimate of drug-likeness (QED) is 0.834. The minimum absolute atomic E-state index is 0.0272. The maximum absolute atomic E-state index is 11.9. The number of benzene rings is 2. The molecule has 2 N–H and O–H groups in total. The van der Waals surface area contributed by atoms with Crippen LogP contribution >= 0.6 is 11.6 Å². The highest BCUT2D eigenvalue weighted by molar-refractivity contribution is 6.34. The Bertz CT molecular complexity index is 643. The van der Waals surface area contributed by atoms with E-state index in [1.54, 1.807) is 0 Å². The van der Waals surface area contributed by atoms with E-state index in [1.165, 1.54) is 18.2 Å². The van der Waals surface area contributed by atoms with Gasteiger partial charge < -0.3 is 15.2 Å². The molecule has 0 aromatic heterocycles. The van der Waals surface area contributed by atoms with E-state index in [4.69, 9.17) is 16.3 Å². The fraction of sp³-hybridized carbons (Fsp3) is 0.188. The largest absolute Gasteiger partial charge is 0.508 e. The number of phenols is 1. The zero-order valence-electron chi connectivity index (χ0n) is 11.6. The summed E-state index contributed by atoms with van der Waals surface area (Å²) >= 11 is 5.90. The van der Waals surface area contributed by atoms with Crippen LogP contribution in [0.25, 0.3) is 0 Å². The lowest BCUT2D eigenvalue weighted by Gasteiger charge is -2.09. The first-order valence-corrected chi connectivity index (χ1v) is 6.90. The van der Waals surface area contributed by atoms with Gasteiger partial charge in [0.1, 0.15) is 18.1 Å². The van der Waals surface area contributed by atoms with Crippen molar-refractivity contribution in [3.8, 4) is 11.5 Å². The van der Waals surface area contributed by atoms with E-state index >= 15 is 0 Å². The number of carbonyl (C=O) groups is 1. The summed E-state index contributed by atoms with van der Waals surface area (Å²) in [7, 11) is 0. The monoisotopic (exact) mass is 305 g/mol. The number of halogens is 1. The summed E-state index contributed by atoms with van der Waals surface area (Å²) in [6.45, 7) is 2.72. The summed E-state index contributed by atoms with van der Waals surface area (Å²) in [4.78, 5) is 11.9. The fourth-order valence-electron chi connectivity index (χ4n) is 1.82. The van der Waals surface area contributed by atoms with Crippen LogP contribution in [0.1, 0.15) is 15.9 Å². The molecule has 0 heterocycles. The van der Waals surface area contributed by atoms with E-state index in [2.05, 4.69) is 5.32 Å². The molecule has 0 saturated carbocycles. The predicted octanol–water partition coefficient (Wildman–Crippen LogP) is 3.16. The van der Waals surface area contributed by atoms with Crippen molar-refractivity contribution in [2.45, 2.75) is 6.92 Å². The number of hydrogen-bond donors (Lipinski definition) is 2. The smallest absolute Gasteiger partial charge is 0.252 e. The number of nitrogens with one attached hydrogen (secondary N) is 1. The second-order valence-electron chi connectivity index (χ2n) is 4.59. The van der Waals surface area contributed by atoms with Crippen LogP contribution in [-0.4, -0.2) is 24.2 Å². The summed E-state index contributed by atoms with van der Waals surface area (Å²) in [5.41, 5.74) is 1.44. The number of amides is 1. The zero-order chi connectivity index (χ0) is 15.2. The lowest BCUT2D eigenvalue weighted by molar-refractivity contribution is 0.0947. The van der Waals surface area contributed by atoms with Crippen LogP contribution in [0, 0.1) is 6.92 Å². The standard InChI is InChI=1S/C16H16ClNO3/c1-11-3-2-4-13(9-11)21-8-7-18-16(20)14-6-5-12(19)10-15(14)17/h2-6,9-10,19H,7-8H2,1H3,(H,18,20). The Morgan fingerprint density at radius 1 is 1.29 bits per heavy atom. The average Bonchev–Trinajstić information content (AvgIpc) is 2.43. The normalized spacial score (nSPS) is 10.2. The van der Waals surface area contributed by atoms with Crippen LogP contribution in [0.15, 0.2) is 42.5 Å². The van der Waals surface area contributed by atoms with Crippen LogP contribution in [0.5, 0.6) is 11.5 Å². The van der Waals surface area contributed by atoms with Crippen molar-refractivity contribution in [3.05, 3.63) is 58.6 Å². The second-order valence-corrected chi connectivity index (χ2v) is 4.99. The molecule has 5 heteroatoms. The first-order valence-electron chi connectivity index (χ1n) is 6.52. The summed E-state index contributed by atoms with van der Waals surface area (Å²) < 4.78 is 5.53. The molecule has 2 aromatic carbocycles. The summed E-state index contributed by atoms with van der Waals surface area (Å²) in [5, 5.41) is 12.2. The zero-order valence-corrected chi connectivity index (χ0v) is 12.4. The van der Waals surface area contributed by atoms with Gasteiger partial charge >= 0.3 is 0 Å². The van der Waals surface area contributed by atoms with Crippen molar-refractivity contribution >= 4 is 17.5 Å². The molecule has 2 rings (SSSR count). The van der Waals surface area contributed by atoms with Crippen molar-refractivity contribution < 1.29 is 14.6 Å². The summed E-state index contributed by atoms with van der Waals surface area (Å²) in [5.74, 6) is 0.499. The van der Waals surface area contributed by atoms with Crippen molar-refractivity contribution in [1.29, 1.82) is 0 Å². The second kappa shape index (κ2) is 6.99. The number of hydrogen-bond acceptors (Lipinski definition) is 3. The van der Waals surface area contributed by atoms with Gasteiger partial charge in [-0.2, -0.15) is 0 Å². The van der Waals surface area contributed by atoms with E-state index in [9.17, 15) is 9.90 Å². The highest BCUT2D eigenvalue weighted by atomic mass is 35.5. The minimum Gasteiger partial charge on any atom is -0.508 e. The van der Waals surface area contributed by atoms with Gasteiger partial charge in [-0.25, -0.2) is 0 Å². The highest BCUT2D eigenvalue weighted by Crippen LogP contribution is 2.21. The Kier molecular flexibility index (Phi) is 5.06. The number of rotatable bonds is 5. The molecule has 0 unspecified atom stereocenters. The van der Waals surface area contributed by atoms with E-state index in [0.717, 1.165) is 11.3 Å². The van der Waals surface area contributed by atoms with Gasteiger partial charge in [0.25, 0.3) is 5.91 Å². The van der Waals surface area contributed by atoms with Crippen LogP contribution in [0.2, 0.25) is 5.02 Å². The van der Waals surface area contributed by atoms with Crippen molar-refractivity contribution in [1.82, 2.24) is 5.32 Å². The molecule has 0 spiro atoms. The molecule has 21 heavy (non-hydrogen) atoms. The maximum Gasteiger partial charge on any atom is 0.252 e. The predicted molar refractivity (Wildman–Crippen MR) is 82.1 cm³/mol. The Morgan fingerprint density at radius 3 is 2.81 bits per heavy atom. The van der Waals surface area contributed by atoms with Gasteiger partial charge in [0.05, 0.1) is 17.1 Å². The molecule has 0 bridgehead atoms. The molecule has 1 amide bonds.